The van der Waals surface area contributed by atoms with Crippen molar-refractivity contribution in [3.05, 3.63) is 11.7 Å². The third kappa shape index (κ3) is 2.62. The Morgan fingerprint density at radius 2 is 2.12 bits per heavy atom. The Kier molecular flexibility index (Phi) is 3.89. The minimum Gasteiger partial charge on any atom is -0.391 e. The molecule has 3 heterocycles. The first-order valence-corrected chi connectivity index (χ1v) is 8.99. The Morgan fingerprint density at radius 1 is 1.18 bits per heavy atom. The molecule has 1 aromatic heterocycles. The summed E-state index contributed by atoms with van der Waals surface area (Å²) in [6, 6.07) is 0. The molecule has 1 aromatic rings. The molecule has 2 saturated heterocycles. The SMILES string of the molecule is OC1CSCC1c1nc(C2CSCCS2)no1. The highest BCUT2D eigenvalue weighted by molar-refractivity contribution is 8.06. The van der Waals surface area contributed by atoms with E-state index >= 15 is 0 Å². The summed E-state index contributed by atoms with van der Waals surface area (Å²) in [7, 11) is 0. The number of rotatable bonds is 2. The zero-order valence-electron chi connectivity index (χ0n) is 9.24. The molecule has 2 aliphatic heterocycles. The van der Waals surface area contributed by atoms with E-state index in [1.54, 1.807) is 11.8 Å². The molecule has 7 heteroatoms. The van der Waals surface area contributed by atoms with Crippen molar-refractivity contribution in [2.45, 2.75) is 17.3 Å². The number of aliphatic hydroxyl groups excluding tert-OH is 1. The normalized spacial score (nSPS) is 34.1. The molecule has 0 saturated carbocycles. The Bertz CT molecular complexity index is 381. The molecule has 3 atom stereocenters. The zero-order chi connectivity index (χ0) is 11.7. The van der Waals surface area contributed by atoms with Gasteiger partial charge in [-0.25, -0.2) is 0 Å². The highest BCUT2D eigenvalue weighted by atomic mass is 32.2. The second-order valence-corrected chi connectivity index (χ2v) is 7.67. The van der Waals surface area contributed by atoms with Crippen LogP contribution in [0.15, 0.2) is 4.52 Å². The maximum atomic E-state index is 9.80. The van der Waals surface area contributed by atoms with Gasteiger partial charge in [-0.1, -0.05) is 5.16 Å². The van der Waals surface area contributed by atoms with Gasteiger partial charge in [0.05, 0.1) is 17.3 Å². The van der Waals surface area contributed by atoms with Gasteiger partial charge in [0.25, 0.3) is 0 Å². The third-order valence-corrected chi connectivity index (χ3v) is 6.85. The Morgan fingerprint density at radius 3 is 2.82 bits per heavy atom. The number of nitrogens with zero attached hydrogens (tertiary/aromatic N) is 2. The number of hydrogen-bond acceptors (Lipinski definition) is 7. The monoisotopic (exact) mass is 290 g/mol. The van der Waals surface area contributed by atoms with Crippen molar-refractivity contribution in [2.24, 2.45) is 0 Å². The second kappa shape index (κ2) is 5.42. The Labute approximate surface area is 113 Å². The molecule has 94 valence electrons. The van der Waals surface area contributed by atoms with Gasteiger partial charge in [-0.15, -0.1) is 11.8 Å². The smallest absolute Gasteiger partial charge is 0.233 e. The summed E-state index contributed by atoms with van der Waals surface area (Å²) >= 11 is 5.59. The molecule has 1 N–H and O–H groups in total. The molecular weight excluding hydrogens is 276 g/mol. The lowest BCUT2D eigenvalue weighted by molar-refractivity contribution is 0.164. The predicted molar refractivity (Wildman–Crippen MR) is 72.9 cm³/mol. The summed E-state index contributed by atoms with van der Waals surface area (Å²) in [4.78, 5) is 4.48. The molecule has 0 amide bonds. The van der Waals surface area contributed by atoms with Crippen molar-refractivity contribution in [2.75, 3.05) is 28.8 Å². The Hall–Kier alpha value is 0.150. The summed E-state index contributed by atoms with van der Waals surface area (Å²) in [6.07, 6.45) is -0.332. The van der Waals surface area contributed by atoms with Crippen molar-refractivity contribution < 1.29 is 9.63 Å². The molecular formula is C10H14N2O2S3. The van der Waals surface area contributed by atoms with Crippen LogP contribution in [-0.2, 0) is 0 Å². The highest BCUT2D eigenvalue weighted by Gasteiger charge is 2.33. The summed E-state index contributed by atoms with van der Waals surface area (Å²) in [5.74, 6) is 6.54. The lowest BCUT2D eigenvalue weighted by atomic mass is 10.1. The van der Waals surface area contributed by atoms with Crippen molar-refractivity contribution >= 4 is 35.3 Å². The zero-order valence-corrected chi connectivity index (χ0v) is 11.7. The molecule has 0 aliphatic carbocycles. The fourth-order valence-corrected chi connectivity index (χ4v) is 5.76. The van der Waals surface area contributed by atoms with E-state index in [4.69, 9.17) is 4.52 Å². The van der Waals surface area contributed by atoms with Crippen LogP contribution >= 0.6 is 35.3 Å². The molecule has 0 bridgehead atoms. The lowest BCUT2D eigenvalue weighted by Gasteiger charge is -2.17. The van der Waals surface area contributed by atoms with E-state index in [0.717, 1.165) is 28.8 Å². The number of hydrogen-bond donors (Lipinski definition) is 1. The van der Waals surface area contributed by atoms with E-state index in [9.17, 15) is 5.11 Å². The second-order valence-electron chi connectivity index (χ2n) is 4.14. The van der Waals surface area contributed by atoms with Crippen LogP contribution in [0.25, 0.3) is 0 Å². The molecule has 2 aliphatic rings. The van der Waals surface area contributed by atoms with E-state index in [1.165, 1.54) is 5.75 Å². The van der Waals surface area contributed by atoms with Crippen LogP contribution in [0.1, 0.15) is 22.9 Å². The third-order valence-electron chi connectivity index (χ3n) is 2.93. The molecule has 17 heavy (non-hydrogen) atoms. The first-order valence-electron chi connectivity index (χ1n) is 5.63. The maximum Gasteiger partial charge on any atom is 0.233 e. The number of thioether (sulfide) groups is 3. The summed E-state index contributed by atoms with van der Waals surface area (Å²) in [5.41, 5.74) is 0. The predicted octanol–water partition coefficient (Wildman–Crippen LogP) is 1.78. The molecule has 4 nitrogen and oxygen atoms in total. The molecule has 3 rings (SSSR count). The van der Waals surface area contributed by atoms with E-state index in [-0.39, 0.29) is 12.0 Å². The van der Waals surface area contributed by atoms with E-state index in [1.807, 2.05) is 23.5 Å². The van der Waals surface area contributed by atoms with Crippen LogP contribution in [0.4, 0.5) is 0 Å². The van der Waals surface area contributed by atoms with Gasteiger partial charge < -0.3 is 9.63 Å². The van der Waals surface area contributed by atoms with Gasteiger partial charge in [0.2, 0.25) is 5.89 Å². The van der Waals surface area contributed by atoms with Crippen molar-refractivity contribution in [3.8, 4) is 0 Å². The van der Waals surface area contributed by atoms with Crippen LogP contribution in [0.3, 0.4) is 0 Å². The number of aliphatic hydroxyl groups is 1. The van der Waals surface area contributed by atoms with Gasteiger partial charge >= 0.3 is 0 Å². The van der Waals surface area contributed by atoms with E-state index in [0.29, 0.717) is 11.1 Å². The first kappa shape index (κ1) is 12.2. The van der Waals surface area contributed by atoms with Gasteiger partial charge in [-0.2, -0.15) is 28.5 Å². The van der Waals surface area contributed by atoms with Gasteiger partial charge in [0.1, 0.15) is 0 Å². The largest absolute Gasteiger partial charge is 0.391 e. The summed E-state index contributed by atoms with van der Waals surface area (Å²) < 4.78 is 5.32. The summed E-state index contributed by atoms with van der Waals surface area (Å²) in [6.45, 7) is 0. The van der Waals surface area contributed by atoms with Gasteiger partial charge in [0, 0.05) is 28.8 Å². The molecule has 0 aromatic carbocycles. The fraction of sp³-hybridized carbons (Fsp3) is 0.800. The average Bonchev–Trinajstić information content (AvgIpc) is 2.98. The first-order chi connectivity index (χ1) is 8.34. The molecule has 0 radical (unpaired) electrons. The van der Waals surface area contributed by atoms with Gasteiger partial charge in [-0.05, 0) is 0 Å². The van der Waals surface area contributed by atoms with Crippen LogP contribution in [0, 0.1) is 0 Å². The Balaban J connectivity index is 1.73. The van der Waals surface area contributed by atoms with Crippen molar-refractivity contribution in [1.82, 2.24) is 10.1 Å². The van der Waals surface area contributed by atoms with Crippen LogP contribution < -0.4 is 0 Å². The van der Waals surface area contributed by atoms with E-state index < -0.39 is 0 Å². The van der Waals surface area contributed by atoms with Crippen LogP contribution in [0.2, 0.25) is 0 Å². The maximum absolute atomic E-state index is 9.80. The number of aromatic nitrogens is 2. The average molecular weight is 290 g/mol. The van der Waals surface area contributed by atoms with Gasteiger partial charge in [-0.3, -0.25) is 0 Å². The minimum atomic E-state index is -0.332. The minimum absolute atomic E-state index is 0.0301. The quantitative estimate of drug-likeness (QED) is 0.891. The van der Waals surface area contributed by atoms with Gasteiger partial charge in [0.15, 0.2) is 5.82 Å². The molecule has 3 unspecified atom stereocenters. The lowest BCUT2D eigenvalue weighted by Crippen LogP contribution is -2.16. The molecule has 2 fully saturated rings. The fourth-order valence-electron chi connectivity index (χ4n) is 1.94. The summed E-state index contributed by atoms with van der Waals surface area (Å²) in [5, 5.41) is 14.2. The van der Waals surface area contributed by atoms with Crippen molar-refractivity contribution in [3.63, 3.8) is 0 Å². The van der Waals surface area contributed by atoms with Crippen molar-refractivity contribution in [1.29, 1.82) is 0 Å². The van der Waals surface area contributed by atoms with Crippen LogP contribution in [-0.4, -0.2) is 50.1 Å². The van der Waals surface area contributed by atoms with E-state index in [2.05, 4.69) is 10.1 Å². The topological polar surface area (TPSA) is 59.2 Å². The van der Waals surface area contributed by atoms with Crippen LogP contribution in [0.5, 0.6) is 0 Å². The standard InChI is InChI=1S/C10H14N2O2S3/c13-7-4-16-3-6(7)10-11-9(12-14-10)8-5-15-1-2-17-8/h6-8,13H,1-5H2. The molecule has 0 spiro atoms. The highest BCUT2D eigenvalue weighted by Crippen LogP contribution is 2.37.